The van der Waals surface area contributed by atoms with Crippen LogP contribution in [0.25, 0.3) is 0 Å². The fraction of sp³-hybridized carbons (Fsp3) is 0.474. The van der Waals surface area contributed by atoms with Gasteiger partial charge in [0.2, 0.25) is 0 Å². The second-order valence-corrected chi connectivity index (χ2v) is 6.00. The lowest BCUT2D eigenvalue weighted by atomic mass is 10.2. The van der Waals surface area contributed by atoms with Crippen LogP contribution in [0.4, 0.5) is 0 Å². The molecule has 0 aliphatic rings. The van der Waals surface area contributed by atoms with Gasteiger partial charge in [-0.05, 0) is 30.7 Å². The maximum atomic E-state index is 10.2. The van der Waals surface area contributed by atoms with Crippen LogP contribution in [0.15, 0.2) is 48.7 Å². The van der Waals surface area contributed by atoms with Gasteiger partial charge in [-0.1, -0.05) is 37.3 Å². The Hall–Kier alpha value is -1.62. The lowest BCUT2D eigenvalue weighted by Gasteiger charge is -2.25. The Morgan fingerprint density at radius 1 is 1.17 bits per heavy atom. The van der Waals surface area contributed by atoms with Crippen molar-refractivity contribution >= 4 is 0 Å². The van der Waals surface area contributed by atoms with Gasteiger partial charge in [0, 0.05) is 32.0 Å². The van der Waals surface area contributed by atoms with Gasteiger partial charge >= 0.3 is 0 Å². The maximum absolute atomic E-state index is 10.2. The van der Waals surface area contributed by atoms with E-state index in [9.17, 15) is 5.11 Å². The number of hydrogen-bond acceptors (Lipinski definition) is 3. The summed E-state index contributed by atoms with van der Waals surface area (Å²) in [6.07, 6.45) is 2.66. The summed E-state index contributed by atoms with van der Waals surface area (Å²) in [7, 11) is 2.05. The van der Waals surface area contributed by atoms with Crippen molar-refractivity contribution in [1.29, 1.82) is 0 Å². The topological polar surface area (TPSA) is 37.6 Å². The van der Waals surface area contributed by atoms with Gasteiger partial charge in [-0.25, -0.2) is 0 Å². The van der Waals surface area contributed by atoms with E-state index in [0.29, 0.717) is 19.8 Å². The summed E-state index contributed by atoms with van der Waals surface area (Å²) < 4.78 is 7.76. The number of benzene rings is 1. The third kappa shape index (κ3) is 6.18. The number of aliphatic hydroxyl groups excluding tert-OH is 1. The van der Waals surface area contributed by atoms with Crippen molar-refractivity contribution in [2.24, 2.45) is 7.05 Å². The first-order valence-corrected chi connectivity index (χ1v) is 8.31. The van der Waals surface area contributed by atoms with Crippen molar-refractivity contribution in [2.75, 3.05) is 19.7 Å². The largest absolute Gasteiger partial charge is 0.389 e. The summed E-state index contributed by atoms with van der Waals surface area (Å²) in [6.45, 7) is 5.53. The number of nitrogens with zero attached hydrogens (tertiary/aromatic N) is 2. The zero-order valence-corrected chi connectivity index (χ0v) is 14.2. The number of aromatic nitrogens is 1. The second-order valence-electron chi connectivity index (χ2n) is 6.00. The highest BCUT2D eigenvalue weighted by Crippen LogP contribution is 2.07. The minimum atomic E-state index is -0.467. The third-order valence-electron chi connectivity index (χ3n) is 3.87. The van der Waals surface area contributed by atoms with Crippen LogP contribution in [0.1, 0.15) is 24.6 Å². The molecule has 23 heavy (non-hydrogen) atoms. The molecule has 2 aromatic rings. The molecule has 0 bridgehead atoms. The number of aryl methyl sites for hydroxylation is 1. The van der Waals surface area contributed by atoms with Gasteiger partial charge in [0.1, 0.15) is 0 Å². The standard InChI is InChI=1S/C19H28N2O2/c1-3-11-21(13-18-10-7-12-20(18)2)14-19(22)16-23-15-17-8-5-4-6-9-17/h4-10,12,19,22H,3,11,13-16H2,1-2H3/t19-/m0/s1. The highest BCUT2D eigenvalue weighted by Gasteiger charge is 2.13. The van der Waals surface area contributed by atoms with Crippen LogP contribution in [0.2, 0.25) is 0 Å². The molecule has 1 aromatic carbocycles. The van der Waals surface area contributed by atoms with Gasteiger partial charge in [-0.15, -0.1) is 0 Å². The van der Waals surface area contributed by atoms with E-state index in [4.69, 9.17) is 4.74 Å². The van der Waals surface area contributed by atoms with E-state index in [1.165, 1.54) is 5.69 Å². The Morgan fingerprint density at radius 3 is 2.61 bits per heavy atom. The van der Waals surface area contributed by atoms with E-state index in [-0.39, 0.29) is 0 Å². The molecule has 2 rings (SSSR count). The molecule has 0 saturated carbocycles. The zero-order valence-electron chi connectivity index (χ0n) is 14.2. The molecule has 4 heteroatoms. The summed E-state index contributed by atoms with van der Waals surface area (Å²) in [5, 5.41) is 10.2. The molecule has 0 fully saturated rings. The highest BCUT2D eigenvalue weighted by atomic mass is 16.5. The Morgan fingerprint density at radius 2 is 1.96 bits per heavy atom. The number of ether oxygens (including phenoxy) is 1. The Kier molecular flexibility index (Phi) is 7.33. The van der Waals surface area contributed by atoms with Crippen molar-refractivity contribution in [1.82, 2.24) is 9.47 Å². The van der Waals surface area contributed by atoms with Crippen molar-refractivity contribution in [3.63, 3.8) is 0 Å². The number of rotatable bonds is 10. The molecular weight excluding hydrogens is 288 g/mol. The van der Waals surface area contributed by atoms with Crippen LogP contribution in [0.3, 0.4) is 0 Å². The summed E-state index contributed by atoms with van der Waals surface area (Å²) in [4.78, 5) is 2.28. The summed E-state index contributed by atoms with van der Waals surface area (Å²) in [5.74, 6) is 0. The molecule has 0 unspecified atom stereocenters. The first-order chi connectivity index (χ1) is 11.2. The molecule has 1 atom stereocenters. The smallest absolute Gasteiger partial charge is 0.0900 e. The lowest BCUT2D eigenvalue weighted by molar-refractivity contribution is 0.00827. The molecule has 126 valence electrons. The maximum Gasteiger partial charge on any atom is 0.0900 e. The minimum Gasteiger partial charge on any atom is -0.389 e. The molecule has 1 N–H and O–H groups in total. The SMILES string of the molecule is CCCN(Cc1cccn1C)C[C@H](O)COCc1ccccc1. The van der Waals surface area contributed by atoms with E-state index in [0.717, 1.165) is 25.1 Å². The average Bonchev–Trinajstić information content (AvgIpc) is 2.94. The molecule has 0 aliphatic carbocycles. The second kappa shape index (κ2) is 9.50. The van der Waals surface area contributed by atoms with Gasteiger partial charge < -0.3 is 14.4 Å². The Bertz CT molecular complexity index is 554. The van der Waals surface area contributed by atoms with Crippen LogP contribution in [-0.2, 0) is 24.9 Å². The molecule has 0 amide bonds. The third-order valence-corrected chi connectivity index (χ3v) is 3.87. The molecule has 4 nitrogen and oxygen atoms in total. The summed E-state index contributed by atoms with van der Waals surface area (Å²) in [5.41, 5.74) is 2.39. The predicted octanol–water partition coefficient (Wildman–Crippen LogP) is 2.81. The van der Waals surface area contributed by atoms with E-state index >= 15 is 0 Å². The van der Waals surface area contributed by atoms with E-state index in [1.54, 1.807) is 0 Å². The Balaban J connectivity index is 1.76. The van der Waals surface area contributed by atoms with E-state index < -0.39 is 6.10 Å². The molecule has 1 aromatic heterocycles. The van der Waals surface area contributed by atoms with Crippen molar-refractivity contribution in [3.05, 3.63) is 59.9 Å². The van der Waals surface area contributed by atoms with Gasteiger partial charge in [0.25, 0.3) is 0 Å². The fourth-order valence-electron chi connectivity index (χ4n) is 2.68. The van der Waals surface area contributed by atoms with Crippen molar-refractivity contribution < 1.29 is 9.84 Å². The fourth-order valence-corrected chi connectivity index (χ4v) is 2.68. The first-order valence-electron chi connectivity index (χ1n) is 8.31. The normalized spacial score (nSPS) is 12.7. The zero-order chi connectivity index (χ0) is 16.5. The molecule has 1 heterocycles. The molecule has 0 aliphatic heterocycles. The predicted molar refractivity (Wildman–Crippen MR) is 93.1 cm³/mol. The van der Waals surface area contributed by atoms with Crippen LogP contribution >= 0.6 is 0 Å². The molecule has 0 saturated heterocycles. The molecule has 0 radical (unpaired) electrons. The van der Waals surface area contributed by atoms with Gasteiger partial charge in [-0.2, -0.15) is 0 Å². The monoisotopic (exact) mass is 316 g/mol. The molecule has 0 spiro atoms. The summed E-state index contributed by atoms with van der Waals surface area (Å²) in [6, 6.07) is 14.2. The van der Waals surface area contributed by atoms with Crippen LogP contribution in [0.5, 0.6) is 0 Å². The number of aliphatic hydroxyl groups is 1. The minimum absolute atomic E-state index is 0.363. The van der Waals surface area contributed by atoms with E-state index in [1.807, 2.05) is 30.3 Å². The quantitative estimate of drug-likeness (QED) is 0.732. The van der Waals surface area contributed by atoms with E-state index in [2.05, 4.69) is 41.8 Å². The van der Waals surface area contributed by atoms with Gasteiger partial charge in [-0.3, -0.25) is 4.90 Å². The van der Waals surface area contributed by atoms with Crippen LogP contribution in [-0.4, -0.2) is 40.4 Å². The van der Waals surface area contributed by atoms with Crippen LogP contribution < -0.4 is 0 Å². The number of hydrogen-bond donors (Lipinski definition) is 1. The van der Waals surface area contributed by atoms with Crippen LogP contribution in [0, 0.1) is 0 Å². The molecular formula is C19H28N2O2. The van der Waals surface area contributed by atoms with Crippen molar-refractivity contribution in [2.45, 2.75) is 32.6 Å². The highest BCUT2D eigenvalue weighted by molar-refractivity contribution is 5.13. The average molecular weight is 316 g/mol. The lowest BCUT2D eigenvalue weighted by Crippen LogP contribution is -2.35. The Labute approximate surface area is 139 Å². The summed E-state index contributed by atoms with van der Waals surface area (Å²) >= 11 is 0. The first kappa shape index (κ1) is 17.7. The van der Waals surface area contributed by atoms with Gasteiger partial charge in [0.05, 0.1) is 19.3 Å². The van der Waals surface area contributed by atoms with Crippen molar-refractivity contribution in [3.8, 4) is 0 Å². The van der Waals surface area contributed by atoms with Gasteiger partial charge in [0.15, 0.2) is 0 Å².